The summed E-state index contributed by atoms with van der Waals surface area (Å²) < 4.78 is 12.8. The van der Waals surface area contributed by atoms with Crippen molar-refractivity contribution >= 4 is 29.0 Å². The van der Waals surface area contributed by atoms with Crippen LogP contribution in [0, 0.1) is 11.3 Å². The smallest absolute Gasteiger partial charge is 0.271 e. The molecule has 194 valence electrons. The zero-order chi connectivity index (χ0) is 27.4. The van der Waals surface area contributed by atoms with E-state index in [0.717, 1.165) is 11.1 Å². The maximum absolute atomic E-state index is 13.8. The normalized spacial score (nSPS) is 14.7. The number of carbonyl (C=O) groups is 1. The molecule has 0 fully saturated rings. The van der Waals surface area contributed by atoms with E-state index in [-0.39, 0.29) is 18.1 Å². The van der Waals surface area contributed by atoms with Gasteiger partial charge in [0.15, 0.2) is 11.4 Å². The molecule has 1 amide bonds. The number of nitrogens with one attached hydrogen (secondary N) is 1. The van der Waals surface area contributed by atoms with Gasteiger partial charge in [-0.1, -0.05) is 53.8 Å². The van der Waals surface area contributed by atoms with E-state index in [1.807, 2.05) is 60.7 Å². The fourth-order valence-corrected chi connectivity index (χ4v) is 5.43. The summed E-state index contributed by atoms with van der Waals surface area (Å²) in [6.07, 6.45) is 1.78. The molecule has 0 bridgehead atoms. The number of nitrogens with zero attached hydrogens (tertiary/aromatic N) is 3. The number of nitriles is 1. The third-order valence-electron chi connectivity index (χ3n) is 6.19. The maximum atomic E-state index is 13.8. The molecule has 0 radical (unpaired) electrons. The van der Waals surface area contributed by atoms with Crippen molar-refractivity contribution in [2.45, 2.75) is 13.0 Å². The molecule has 3 aromatic carbocycles. The number of hydrogen-bond acceptors (Lipinski definition) is 7. The molecule has 0 saturated heterocycles. The summed E-state index contributed by atoms with van der Waals surface area (Å²) in [5, 5.41) is 11.7. The molecular formula is C30H24N4O4S. The number of methoxy groups -OCH3 is 1. The van der Waals surface area contributed by atoms with Crippen molar-refractivity contribution in [2.75, 3.05) is 19.0 Å². The van der Waals surface area contributed by atoms with Gasteiger partial charge in [-0.2, -0.15) is 5.26 Å². The van der Waals surface area contributed by atoms with Crippen LogP contribution in [0.25, 0.3) is 6.08 Å². The molecule has 1 N–H and O–H groups in total. The molecule has 0 aliphatic carbocycles. The number of carbonyl (C=O) groups excluding carboxylic acids is 1. The highest BCUT2D eigenvalue weighted by molar-refractivity contribution is 7.07. The van der Waals surface area contributed by atoms with Gasteiger partial charge in [0, 0.05) is 5.69 Å². The number of para-hydroxylation sites is 1. The zero-order valence-electron chi connectivity index (χ0n) is 21.3. The Kier molecular flexibility index (Phi) is 7.39. The van der Waals surface area contributed by atoms with Gasteiger partial charge in [0.2, 0.25) is 0 Å². The quantitative estimate of drug-likeness (QED) is 0.387. The molecule has 1 aromatic heterocycles. The maximum Gasteiger partial charge on any atom is 0.271 e. The largest absolute Gasteiger partial charge is 0.497 e. The van der Waals surface area contributed by atoms with E-state index in [0.29, 0.717) is 37.8 Å². The van der Waals surface area contributed by atoms with E-state index in [2.05, 4.69) is 10.3 Å². The number of rotatable bonds is 7. The number of benzene rings is 3. The Hall–Kier alpha value is -4.94. The monoisotopic (exact) mass is 536 g/mol. The Balaban J connectivity index is 1.62. The van der Waals surface area contributed by atoms with Crippen molar-refractivity contribution in [3.8, 4) is 17.6 Å². The summed E-state index contributed by atoms with van der Waals surface area (Å²) in [6, 6.07) is 24.9. The number of amides is 1. The highest BCUT2D eigenvalue weighted by atomic mass is 32.1. The summed E-state index contributed by atoms with van der Waals surface area (Å²) in [7, 11) is 1.57. The standard InChI is InChI=1S/C30H24N4O4S/c1-19-26(28(35)33-22-8-4-3-5-9-22)27(21-7-6-10-24(18-21)37-2)34-29(36)25(39-30(34)32-19)17-20-11-13-23(14-12-20)38-16-15-31/h3-14,17-18,27H,16H2,1-2H3,(H,33,35)/b25-17-/t27-/m0/s1. The van der Waals surface area contributed by atoms with Crippen molar-refractivity contribution in [1.29, 1.82) is 5.26 Å². The van der Waals surface area contributed by atoms with Crippen molar-refractivity contribution in [1.82, 2.24) is 4.57 Å². The van der Waals surface area contributed by atoms with E-state index < -0.39 is 6.04 Å². The van der Waals surface area contributed by atoms with Gasteiger partial charge in [0.25, 0.3) is 11.5 Å². The Morgan fingerprint density at radius 2 is 1.87 bits per heavy atom. The first-order valence-corrected chi connectivity index (χ1v) is 12.9. The van der Waals surface area contributed by atoms with Gasteiger partial charge in [0.1, 0.15) is 17.6 Å². The van der Waals surface area contributed by atoms with Crippen LogP contribution in [-0.2, 0) is 4.79 Å². The molecule has 9 heteroatoms. The number of anilines is 1. The number of allylic oxidation sites excluding steroid dienone is 1. The molecule has 4 aromatic rings. The molecule has 2 heterocycles. The molecule has 0 unspecified atom stereocenters. The lowest BCUT2D eigenvalue weighted by molar-refractivity contribution is -0.113. The SMILES string of the molecule is COc1cccc([C@H]2C(C(=O)Nc3ccccc3)=C(C)N=c3s/c(=C\c4ccc(OCC#N)cc4)c(=O)n32)c1. The third-order valence-corrected chi connectivity index (χ3v) is 7.17. The molecular weight excluding hydrogens is 512 g/mol. The van der Waals surface area contributed by atoms with Gasteiger partial charge < -0.3 is 14.8 Å². The molecule has 0 saturated carbocycles. The van der Waals surface area contributed by atoms with Crippen LogP contribution in [0.15, 0.2) is 99.9 Å². The van der Waals surface area contributed by atoms with Gasteiger partial charge in [-0.3, -0.25) is 14.2 Å². The molecule has 5 rings (SSSR count). The Morgan fingerprint density at radius 1 is 1.10 bits per heavy atom. The summed E-state index contributed by atoms with van der Waals surface area (Å²) >= 11 is 1.26. The predicted octanol–water partition coefficient (Wildman–Crippen LogP) is 3.78. The van der Waals surface area contributed by atoms with E-state index in [1.54, 1.807) is 48.9 Å². The lowest BCUT2D eigenvalue weighted by atomic mass is 9.95. The topological polar surface area (TPSA) is 106 Å². The van der Waals surface area contributed by atoms with Crippen molar-refractivity contribution in [3.05, 3.63) is 121 Å². The minimum absolute atomic E-state index is 0.0399. The van der Waals surface area contributed by atoms with Gasteiger partial charge >= 0.3 is 0 Å². The van der Waals surface area contributed by atoms with E-state index in [1.165, 1.54) is 11.3 Å². The highest BCUT2D eigenvalue weighted by Gasteiger charge is 2.32. The number of fused-ring (bicyclic) bond motifs is 1. The van der Waals surface area contributed by atoms with E-state index >= 15 is 0 Å². The predicted molar refractivity (Wildman–Crippen MR) is 149 cm³/mol. The van der Waals surface area contributed by atoms with Crippen LogP contribution >= 0.6 is 11.3 Å². The van der Waals surface area contributed by atoms with Crippen molar-refractivity contribution in [3.63, 3.8) is 0 Å². The summed E-state index contributed by atoms with van der Waals surface area (Å²) in [5.41, 5.74) is 2.82. The summed E-state index contributed by atoms with van der Waals surface area (Å²) in [5.74, 6) is 0.848. The molecule has 39 heavy (non-hydrogen) atoms. The Labute approximate surface area is 228 Å². The number of hydrogen-bond donors (Lipinski definition) is 1. The first-order chi connectivity index (χ1) is 19.0. The van der Waals surface area contributed by atoms with Gasteiger partial charge in [0.05, 0.1) is 29.0 Å². The highest BCUT2D eigenvalue weighted by Crippen LogP contribution is 2.32. The second kappa shape index (κ2) is 11.2. The lowest BCUT2D eigenvalue weighted by Crippen LogP contribution is -2.40. The van der Waals surface area contributed by atoms with Crippen molar-refractivity contribution < 1.29 is 14.3 Å². The minimum atomic E-state index is -0.705. The Bertz CT molecular complexity index is 1780. The molecule has 1 atom stereocenters. The molecule has 1 aliphatic heterocycles. The van der Waals surface area contributed by atoms with E-state index in [9.17, 15) is 9.59 Å². The lowest BCUT2D eigenvalue weighted by Gasteiger charge is -2.25. The first-order valence-electron chi connectivity index (χ1n) is 12.1. The van der Waals surface area contributed by atoms with Crippen molar-refractivity contribution in [2.24, 2.45) is 4.99 Å². The molecule has 8 nitrogen and oxygen atoms in total. The van der Waals surface area contributed by atoms with Crippen LogP contribution in [0.5, 0.6) is 11.5 Å². The fraction of sp³-hybridized carbons (Fsp3) is 0.133. The average Bonchev–Trinajstić information content (AvgIpc) is 3.26. The van der Waals surface area contributed by atoms with Gasteiger partial charge in [-0.05, 0) is 60.5 Å². The van der Waals surface area contributed by atoms with Crippen LogP contribution in [-0.4, -0.2) is 24.2 Å². The number of aromatic nitrogens is 1. The molecule has 1 aliphatic rings. The van der Waals surface area contributed by atoms with Crippen LogP contribution in [0.1, 0.15) is 24.1 Å². The second-order valence-electron chi connectivity index (χ2n) is 8.69. The number of thiazole rings is 1. The van der Waals surface area contributed by atoms with Crippen LogP contribution in [0.4, 0.5) is 5.69 Å². The third kappa shape index (κ3) is 5.37. The summed E-state index contributed by atoms with van der Waals surface area (Å²) in [4.78, 5) is 32.6. The van der Waals surface area contributed by atoms with Crippen LogP contribution < -0.4 is 29.7 Å². The minimum Gasteiger partial charge on any atom is -0.497 e. The van der Waals surface area contributed by atoms with E-state index in [4.69, 9.17) is 14.7 Å². The Morgan fingerprint density at radius 3 is 2.59 bits per heavy atom. The zero-order valence-corrected chi connectivity index (χ0v) is 22.1. The van der Waals surface area contributed by atoms with Crippen LogP contribution in [0.2, 0.25) is 0 Å². The number of ether oxygens (including phenoxy) is 2. The molecule has 0 spiro atoms. The van der Waals surface area contributed by atoms with Gasteiger partial charge in [-0.25, -0.2) is 4.99 Å². The second-order valence-corrected chi connectivity index (χ2v) is 9.70. The van der Waals surface area contributed by atoms with Gasteiger partial charge in [-0.15, -0.1) is 0 Å². The van der Waals surface area contributed by atoms with Crippen LogP contribution in [0.3, 0.4) is 0 Å². The fourth-order valence-electron chi connectivity index (χ4n) is 4.39. The summed E-state index contributed by atoms with van der Waals surface area (Å²) in [6.45, 7) is 1.74. The first kappa shape index (κ1) is 25.7. The average molecular weight is 537 g/mol.